The van der Waals surface area contributed by atoms with Crippen LogP contribution in [0.1, 0.15) is 51.4 Å². The predicted molar refractivity (Wildman–Crippen MR) is 136 cm³/mol. The summed E-state index contributed by atoms with van der Waals surface area (Å²) in [7, 11) is 0. The van der Waals surface area contributed by atoms with Crippen LogP contribution in [0.4, 0.5) is 15.3 Å². The van der Waals surface area contributed by atoms with Crippen LogP contribution in [0.5, 0.6) is 5.75 Å². The largest absolute Gasteiger partial charge is 0.513 e. The van der Waals surface area contributed by atoms with Gasteiger partial charge < -0.3 is 24.2 Å². The Morgan fingerprint density at radius 3 is 2.48 bits per heavy atom. The topological polar surface area (TPSA) is 173 Å². The van der Waals surface area contributed by atoms with Crippen LogP contribution < -0.4 is 4.74 Å². The van der Waals surface area contributed by atoms with Gasteiger partial charge in [-0.25, -0.2) is 9.59 Å². The molecule has 4 saturated carbocycles. The first-order valence-electron chi connectivity index (χ1n) is 13.5. The number of amides is 2. The number of ether oxygens (including phenoxy) is 3. The summed E-state index contributed by atoms with van der Waals surface area (Å²) in [6.07, 6.45) is 3.59. The van der Waals surface area contributed by atoms with Crippen molar-refractivity contribution < 1.29 is 38.6 Å². The van der Waals surface area contributed by atoms with Gasteiger partial charge in [-0.05, 0) is 75.3 Å². The Balaban J connectivity index is 1.19. The van der Waals surface area contributed by atoms with Crippen molar-refractivity contribution >= 4 is 23.8 Å². The molecule has 1 aromatic rings. The zero-order valence-electron chi connectivity index (χ0n) is 22.0. The fraction of sp³-hybridized carbons (Fsp3) is 0.630. The Bertz CT molecular complexity index is 1200. The number of carbonyl (C=O) groups is 3. The number of nitro groups is 1. The monoisotopic (exact) mass is 556 g/mol. The second-order valence-electron chi connectivity index (χ2n) is 11.4. The zero-order chi connectivity index (χ0) is 28.5. The molecule has 5 atom stereocenters. The minimum Gasteiger partial charge on any atom is -0.465 e. The number of nitrogens with zero attached hydrogens (tertiary/aromatic N) is 4. The molecular formula is C27H32N4O9. The average molecular weight is 557 g/mol. The van der Waals surface area contributed by atoms with E-state index >= 15 is 0 Å². The van der Waals surface area contributed by atoms with Crippen LogP contribution in [0.25, 0.3) is 0 Å². The smallest absolute Gasteiger partial charge is 0.465 e. The van der Waals surface area contributed by atoms with E-state index in [1.165, 1.54) is 34.1 Å². The molecular weight excluding hydrogens is 524 g/mol. The number of nitriles is 1. The van der Waals surface area contributed by atoms with E-state index in [9.17, 15) is 34.9 Å². The van der Waals surface area contributed by atoms with Crippen molar-refractivity contribution in [1.82, 2.24) is 9.80 Å². The molecule has 13 heteroatoms. The summed E-state index contributed by atoms with van der Waals surface area (Å²) in [6, 6.07) is 6.67. The minimum atomic E-state index is -1.14. The fourth-order valence-corrected chi connectivity index (χ4v) is 7.62. The molecule has 4 aliphatic carbocycles. The summed E-state index contributed by atoms with van der Waals surface area (Å²) in [4.78, 5) is 50.7. The summed E-state index contributed by atoms with van der Waals surface area (Å²) in [6.45, 7) is 0.194. The molecule has 3 unspecified atom stereocenters. The standard InChI is InChI=1S/C27H32N4O9/c28-15-21-2-1-7-29(21)23(32)16-30(24(33)34)26-11-18-10-19(12-26)14-27(13-18,17-26)39-9-8-38-25(35)40-22-5-3-20(4-6-22)31(36)37/h3-6,18-19,21H,1-2,7-14,16-17H2,(H,33,34)/t18-,19?,21-,26?,27?/m0/s1. The van der Waals surface area contributed by atoms with Crippen LogP contribution in [0, 0.1) is 33.3 Å². The van der Waals surface area contributed by atoms with E-state index in [0.29, 0.717) is 32.2 Å². The van der Waals surface area contributed by atoms with E-state index in [4.69, 9.17) is 14.2 Å². The van der Waals surface area contributed by atoms with Crippen LogP contribution in [-0.2, 0) is 14.3 Å². The van der Waals surface area contributed by atoms with Gasteiger partial charge in [-0.15, -0.1) is 0 Å². The SMILES string of the molecule is N#C[C@@H]1CCCN1C(=O)CN(C(=O)O)C12CC3C[C@H](CC(OCCOC(=O)Oc4ccc([N+](=O)[O-])cc4)(C3)C1)C2. The second-order valence-corrected chi connectivity index (χ2v) is 11.4. The molecule has 6 rings (SSSR count). The maximum Gasteiger partial charge on any atom is 0.513 e. The minimum absolute atomic E-state index is 0.0818. The third kappa shape index (κ3) is 5.54. The van der Waals surface area contributed by atoms with Crippen LogP contribution in [0.3, 0.4) is 0 Å². The normalized spacial score (nSPS) is 30.0. The van der Waals surface area contributed by atoms with Crippen molar-refractivity contribution in [3.8, 4) is 11.8 Å². The van der Waals surface area contributed by atoms with Crippen LogP contribution >= 0.6 is 0 Å². The molecule has 1 aromatic carbocycles. The molecule has 2 amide bonds. The number of hydrogen-bond acceptors (Lipinski definition) is 9. The molecule has 0 radical (unpaired) electrons. The van der Waals surface area contributed by atoms with Gasteiger partial charge >= 0.3 is 12.2 Å². The van der Waals surface area contributed by atoms with Gasteiger partial charge in [0.05, 0.1) is 28.7 Å². The van der Waals surface area contributed by atoms with Crippen LogP contribution in [-0.4, -0.2) is 81.5 Å². The zero-order valence-corrected chi connectivity index (χ0v) is 22.0. The number of hydrogen-bond donors (Lipinski definition) is 1. The molecule has 4 bridgehead atoms. The molecule has 1 heterocycles. The third-order valence-electron chi connectivity index (χ3n) is 8.76. The molecule has 5 aliphatic rings. The summed E-state index contributed by atoms with van der Waals surface area (Å²) < 4.78 is 16.5. The number of nitro benzene ring substituents is 1. The van der Waals surface area contributed by atoms with Gasteiger partial charge in [0.2, 0.25) is 5.91 Å². The number of non-ortho nitro benzene ring substituents is 1. The Hall–Kier alpha value is -3.92. The molecule has 1 aliphatic heterocycles. The van der Waals surface area contributed by atoms with Crippen molar-refractivity contribution in [3.05, 3.63) is 34.4 Å². The Kier molecular flexibility index (Phi) is 7.55. The Morgan fingerprint density at radius 1 is 1.15 bits per heavy atom. The number of likely N-dealkylation sites (tertiary alicyclic amines) is 1. The predicted octanol–water partition coefficient (Wildman–Crippen LogP) is 3.71. The molecule has 0 spiro atoms. The lowest BCUT2D eigenvalue weighted by atomic mass is 9.50. The van der Waals surface area contributed by atoms with Gasteiger partial charge in [0, 0.05) is 18.7 Å². The summed E-state index contributed by atoms with van der Waals surface area (Å²) in [5, 5.41) is 30.3. The first kappa shape index (κ1) is 27.6. The molecule has 1 N–H and O–H groups in total. The van der Waals surface area contributed by atoms with Crippen molar-refractivity contribution in [3.63, 3.8) is 0 Å². The van der Waals surface area contributed by atoms with Gasteiger partial charge in [0.1, 0.15) is 24.9 Å². The molecule has 13 nitrogen and oxygen atoms in total. The maximum atomic E-state index is 13.1. The summed E-state index contributed by atoms with van der Waals surface area (Å²) >= 11 is 0. The Morgan fingerprint density at radius 2 is 1.85 bits per heavy atom. The van der Waals surface area contributed by atoms with Crippen molar-refractivity contribution in [2.45, 2.75) is 68.5 Å². The van der Waals surface area contributed by atoms with Gasteiger partial charge in [-0.2, -0.15) is 5.26 Å². The van der Waals surface area contributed by atoms with Gasteiger partial charge in [0.25, 0.3) is 5.69 Å². The Labute approximate surface area is 230 Å². The van der Waals surface area contributed by atoms with E-state index < -0.39 is 34.4 Å². The van der Waals surface area contributed by atoms with Crippen molar-refractivity contribution in [1.29, 1.82) is 5.26 Å². The molecule has 1 saturated heterocycles. The van der Waals surface area contributed by atoms with E-state index in [1.54, 1.807) is 0 Å². The van der Waals surface area contributed by atoms with E-state index in [1.807, 2.05) is 0 Å². The highest BCUT2D eigenvalue weighted by atomic mass is 16.7. The van der Waals surface area contributed by atoms with E-state index in [2.05, 4.69) is 6.07 Å². The van der Waals surface area contributed by atoms with Crippen molar-refractivity contribution in [2.75, 3.05) is 26.3 Å². The lowest BCUT2D eigenvalue weighted by Gasteiger charge is -2.63. The highest BCUT2D eigenvalue weighted by Crippen LogP contribution is 2.60. The lowest BCUT2D eigenvalue weighted by Crippen LogP contribution is -2.68. The van der Waals surface area contributed by atoms with Gasteiger partial charge in [0.15, 0.2) is 0 Å². The highest BCUT2D eigenvalue weighted by molar-refractivity contribution is 5.83. The molecule has 214 valence electrons. The van der Waals surface area contributed by atoms with Crippen molar-refractivity contribution in [2.24, 2.45) is 11.8 Å². The highest BCUT2D eigenvalue weighted by Gasteiger charge is 2.61. The van der Waals surface area contributed by atoms with E-state index in [0.717, 1.165) is 25.7 Å². The van der Waals surface area contributed by atoms with Crippen LogP contribution in [0.2, 0.25) is 0 Å². The van der Waals surface area contributed by atoms with E-state index in [-0.39, 0.29) is 48.9 Å². The molecule has 0 aromatic heterocycles. The fourth-order valence-electron chi connectivity index (χ4n) is 7.62. The van der Waals surface area contributed by atoms with Crippen LogP contribution in [0.15, 0.2) is 24.3 Å². The van der Waals surface area contributed by atoms with Gasteiger partial charge in [-0.3, -0.25) is 19.8 Å². The number of carboxylic acid groups (broad SMARTS) is 1. The summed E-state index contributed by atoms with van der Waals surface area (Å²) in [5.41, 5.74) is -1.42. The first-order valence-corrected chi connectivity index (χ1v) is 13.5. The summed E-state index contributed by atoms with van der Waals surface area (Å²) in [5.74, 6) is 0.310. The third-order valence-corrected chi connectivity index (χ3v) is 8.76. The first-order chi connectivity index (χ1) is 19.1. The number of benzene rings is 1. The number of rotatable bonds is 9. The quantitative estimate of drug-likeness (QED) is 0.155. The molecule has 5 fully saturated rings. The maximum absolute atomic E-state index is 13.1. The van der Waals surface area contributed by atoms with Gasteiger partial charge in [-0.1, -0.05) is 0 Å². The average Bonchev–Trinajstić information content (AvgIpc) is 3.38. The molecule has 40 heavy (non-hydrogen) atoms. The second kappa shape index (κ2) is 10.9. The number of carbonyl (C=O) groups excluding carboxylic acids is 2. The lowest BCUT2D eigenvalue weighted by molar-refractivity contribution is -0.384.